The minimum Gasteiger partial charge on any atom is -0.370 e. The molecular formula is C15H24ClN3. The molecule has 2 atom stereocenters. The van der Waals surface area contributed by atoms with E-state index in [0.29, 0.717) is 5.15 Å². The molecule has 1 aromatic rings. The van der Waals surface area contributed by atoms with Crippen LogP contribution in [0.4, 0.5) is 5.82 Å². The topological polar surface area (TPSA) is 37.8 Å². The summed E-state index contributed by atoms with van der Waals surface area (Å²) in [5, 5.41) is 3.94. The zero-order valence-electron chi connectivity index (χ0n) is 12.3. The average molecular weight is 282 g/mol. The van der Waals surface area contributed by atoms with Gasteiger partial charge in [0.05, 0.1) is 0 Å². The lowest BCUT2D eigenvalue weighted by atomic mass is 9.96. The van der Waals surface area contributed by atoms with Crippen LogP contribution in [0.3, 0.4) is 0 Å². The van der Waals surface area contributed by atoms with Gasteiger partial charge in [0.2, 0.25) is 0 Å². The first kappa shape index (κ1) is 14.6. The summed E-state index contributed by atoms with van der Waals surface area (Å²) >= 11 is 6.08. The van der Waals surface area contributed by atoms with Crippen LogP contribution in [-0.2, 0) is 5.41 Å². The second-order valence-corrected chi connectivity index (χ2v) is 7.20. The van der Waals surface area contributed by atoms with E-state index >= 15 is 0 Å². The van der Waals surface area contributed by atoms with Gasteiger partial charge in [-0.2, -0.15) is 0 Å². The molecule has 2 unspecified atom stereocenters. The van der Waals surface area contributed by atoms with Crippen LogP contribution < -0.4 is 5.32 Å². The first-order chi connectivity index (χ1) is 8.84. The van der Waals surface area contributed by atoms with Gasteiger partial charge in [-0.1, -0.05) is 45.7 Å². The van der Waals surface area contributed by atoms with Gasteiger partial charge in [-0.15, -0.1) is 0 Å². The molecule has 2 rings (SSSR count). The molecule has 0 spiro atoms. The van der Waals surface area contributed by atoms with Gasteiger partial charge in [0, 0.05) is 18.0 Å². The second-order valence-electron chi connectivity index (χ2n) is 6.81. The molecule has 19 heavy (non-hydrogen) atoms. The van der Waals surface area contributed by atoms with E-state index in [2.05, 4.69) is 43.0 Å². The maximum Gasteiger partial charge on any atom is 0.137 e. The lowest BCUT2D eigenvalue weighted by Crippen LogP contribution is -2.18. The summed E-state index contributed by atoms with van der Waals surface area (Å²) in [6, 6.07) is 1.81. The minimum absolute atomic E-state index is 0.0802. The van der Waals surface area contributed by atoms with Gasteiger partial charge < -0.3 is 5.32 Å². The van der Waals surface area contributed by atoms with Crippen molar-refractivity contribution < 1.29 is 0 Å². The van der Waals surface area contributed by atoms with Gasteiger partial charge >= 0.3 is 0 Å². The van der Waals surface area contributed by atoms with Crippen molar-refractivity contribution in [3.63, 3.8) is 0 Å². The molecule has 0 saturated heterocycles. The summed E-state index contributed by atoms with van der Waals surface area (Å²) in [4.78, 5) is 8.89. The number of rotatable bonds is 3. The van der Waals surface area contributed by atoms with Gasteiger partial charge in [0.15, 0.2) is 0 Å². The van der Waals surface area contributed by atoms with E-state index in [9.17, 15) is 0 Å². The highest BCUT2D eigenvalue weighted by Gasteiger charge is 2.22. The Morgan fingerprint density at radius 3 is 2.63 bits per heavy atom. The molecule has 1 heterocycles. The third kappa shape index (κ3) is 4.07. The first-order valence-corrected chi connectivity index (χ1v) is 7.51. The van der Waals surface area contributed by atoms with Gasteiger partial charge in [-0.25, -0.2) is 9.97 Å². The Balaban J connectivity index is 2.02. The third-order valence-electron chi connectivity index (χ3n) is 3.74. The normalized spacial score (nSPS) is 23.6. The largest absolute Gasteiger partial charge is 0.370 e. The Hall–Kier alpha value is -0.830. The van der Waals surface area contributed by atoms with Crippen molar-refractivity contribution in [1.29, 1.82) is 0 Å². The monoisotopic (exact) mass is 281 g/mol. The molecule has 1 aromatic heterocycles. The quantitative estimate of drug-likeness (QED) is 0.841. The van der Waals surface area contributed by atoms with Crippen LogP contribution in [0.2, 0.25) is 5.15 Å². The highest BCUT2D eigenvalue weighted by molar-refractivity contribution is 6.29. The summed E-state index contributed by atoms with van der Waals surface area (Å²) in [5.74, 6) is 3.28. The molecule has 3 nitrogen and oxygen atoms in total. The summed E-state index contributed by atoms with van der Waals surface area (Å²) in [6.07, 6.45) is 3.99. The first-order valence-electron chi connectivity index (χ1n) is 7.13. The molecule has 1 fully saturated rings. The lowest BCUT2D eigenvalue weighted by Gasteiger charge is -2.18. The molecule has 0 aliphatic heterocycles. The van der Waals surface area contributed by atoms with E-state index in [1.807, 2.05) is 6.07 Å². The van der Waals surface area contributed by atoms with Crippen LogP contribution in [0.5, 0.6) is 0 Å². The van der Waals surface area contributed by atoms with Crippen LogP contribution in [-0.4, -0.2) is 16.5 Å². The predicted molar refractivity (Wildman–Crippen MR) is 80.7 cm³/mol. The highest BCUT2D eigenvalue weighted by atomic mass is 35.5. The van der Waals surface area contributed by atoms with E-state index in [0.717, 1.165) is 30.0 Å². The van der Waals surface area contributed by atoms with Crippen molar-refractivity contribution in [2.75, 3.05) is 11.9 Å². The number of nitrogens with zero attached hydrogens (tertiary/aromatic N) is 2. The average Bonchev–Trinajstić information content (AvgIpc) is 2.71. The standard InChI is InChI=1S/C15H24ClN3/c1-10-5-6-11(7-10)9-17-13-8-12(16)18-14(19-13)15(2,3)4/h8,10-11H,5-7,9H2,1-4H3,(H,17,18,19). The van der Waals surface area contributed by atoms with Crippen LogP contribution in [0.25, 0.3) is 0 Å². The highest BCUT2D eigenvalue weighted by Crippen LogP contribution is 2.30. The smallest absolute Gasteiger partial charge is 0.137 e. The fraction of sp³-hybridized carbons (Fsp3) is 0.733. The van der Waals surface area contributed by atoms with Gasteiger partial charge in [0.1, 0.15) is 16.8 Å². The lowest BCUT2D eigenvalue weighted by molar-refractivity contribution is 0.532. The molecule has 0 amide bonds. The number of halogens is 1. The molecule has 1 aliphatic carbocycles. The number of hydrogen-bond donors (Lipinski definition) is 1. The Morgan fingerprint density at radius 1 is 1.32 bits per heavy atom. The number of anilines is 1. The zero-order chi connectivity index (χ0) is 14.0. The van der Waals surface area contributed by atoms with Crippen LogP contribution in [0, 0.1) is 11.8 Å². The van der Waals surface area contributed by atoms with Crippen LogP contribution in [0.1, 0.15) is 52.8 Å². The van der Waals surface area contributed by atoms with E-state index in [1.54, 1.807) is 0 Å². The molecule has 0 aromatic carbocycles. The fourth-order valence-electron chi connectivity index (χ4n) is 2.60. The predicted octanol–water partition coefficient (Wildman–Crippen LogP) is 4.28. The van der Waals surface area contributed by atoms with E-state index < -0.39 is 0 Å². The number of nitrogens with one attached hydrogen (secondary N) is 1. The van der Waals surface area contributed by atoms with Crippen molar-refractivity contribution in [3.05, 3.63) is 17.0 Å². The van der Waals surface area contributed by atoms with Crippen molar-refractivity contribution >= 4 is 17.4 Å². The molecule has 0 bridgehead atoms. The SMILES string of the molecule is CC1CCC(CNc2cc(Cl)nc(C(C)(C)C)n2)C1. The van der Waals surface area contributed by atoms with E-state index in [4.69, 9.17) is 11.6 Å². The molecule has 1 saturated carbocycles. The summed E-state index contributed by atoms with van der Waals surface area (Å²) in [5.41, 5.74) is -0.0802. The summed E-state index contributed by atoms with van der Waals surface area (Å²) in [6.45, 7) is 9.61. The number of aromatic nitrogens is 2. The molecule has 0 radical (unpaired) electrons. The van der Waals surface area contributed by atoms with Gasteiger partial charge in [-0.05, 0) is 24.7 Å². The van der Waals surface area contributed by atoms with E-state index in [1.165, 1.54) is 19.3 Å². The fourth-order valence-corrected chi connectivity index (χ4v) is 2.79. The van der Waals surface area contributed by atoms with Gasteiger partial charge in [0.25, 0.3) is 0 Å². The maximum absolute atomic E-state index is 6.08. The van der Waals surface area contributed by atoms with Crippen molar-refractivity contribution in [2.24, 2.45) is 11.8 Å². The maximum atomic E-state index is 6.08. The molecule has 1 aliphatic rings. The Kier molecular flexibility index (Phi) is 4.34. The summed E-state index contributed by atoms with van der Waals surface area (Å²) in [7, 11) is 0. The third-order valence-corrected chi connectivity index (χ3v) is 3.93. The number of hydrogen-bond acceptors (Lipinski definition) is 3. The Bertz CT molecular complexity index is 440. The summed E-state index contributed by atoms with van der Waals surface area (Å²) < 4.78 is 0. The minimum atomic E-state index is -0.0802. The molecular weight excluding hydrogens is 258 g/mol. The van der Waals surface area contributed by atoms with Gasteiger partial charge in [-0.3, -0.25) is 0 Å². The van der Waals surface area contributed by atoms with Crippen LogP contribution in [0.15, 0.2) is 6.07 Å². The Labute approximate surface area is 121 Å². The molecule has 106 valence electrons. The van der Waals surface area contributed by atoms with Crippen molar-refractivity contribution in [3.8, 4) is 0 Å². The molecule has 4 heteroatoms. The zero-order valence-corrected chi connectivity index (χ0v) is 13.1. The van der Waals surface area contributed by atoms with Crippen LogP contribution >= 0.6 is 11.6 Å². The Morgan fingerprint density at radius 2 is 2.05 bits per heavy atom. The van der Waals surface area contributed by atoms with Crippen molar-refractivity contribution in [2.45, 2.75) is 52.4 Å². The van der Waals surface area contributed by atoms with Crippen molar-refractivity contribution in [1.82, 2.24) is 9.97 Å². The van der Waals surface area contributed by atoms with E-state index in [-0.39, 0.29) is 5.41 Å². The second kappa shape index (κ2) is 5.66. The molecule has 1 N–H and O–H groups in total.